The molecular weight excluding hydrogens is 340 g/mol. The molecule has 0 aliphatic carbocycles. The SMILES string of the molecule is CCN(CC)c1c(C)nc2ccc(C(=O)NCc3ccc(OC)cc3)cn12. The highest BCUT2D eigenvalue weighted by molar-refractivity contribution is 5.94. The Balaban J connectivity index is 1.81. The maximum absolute atomic E-state index is 12.6. The summed E-state index contributed by atoms with van der Waals surface area (Å²) in [6.45, 7) is 8.48. The van der Waals surface area contributed by atoms with Crippen molar-refractivity contribution in [2.75, 3.05) is 25.1 Å². The number of carbonyl (C=O) groups excluding carboxylic acids is 1. The summed E-state index contributed by atoms with van der Waals surface area (Å²) in [4.78, 5) is 19.5. The van der Waals surface area contributed by atoms with Gasteiger partial charge < -0.3 is 15.0 Å². The second kappa shape index (κ2) is 8.12. The number of methoxy groups -OCH3 is 1. The molecule has 0 unspecified atom stereocenters. The molecule has 0 radical (unpaired) electrons. The predicted octanol–water partition coefficient (Wildman–Crippen LogP) is 3.43. The van der Waals surface area contributed by atoms with Crippen LogP contribution in [-0.2, 0) is 6.54 Å². The van der Waals surface area contributed by atoms with Crippen LogP contribution in [0.2, 0.25) is 0 Å². The molecule has 0 spiro atoms. The fraction of sp³-hybridized carbons (Fsp3) is 0.333. The molecule has 3 aromatic rings. The first-order valence-corrected chi connectivity index (χ1v) is 9.22. The number of pyridine rings is 1. The van der Waals surface area contributed by atoms with Crippen LogP contribution in [0.3, 0.4) is 0 Å². The van der Waals surface area contributed by atoms with Crippen LogP contribution < -0.4 is 15.0 Å². The number of hydrogen-bond acceptors (Lipinski definition) is 4. The molecular formula is C21H26N4O2. The number of aryl methyl sites for hydroxylation is 1. The van der Waals surface area contributed by atoms with E-state index in [0.717, 1.165) is 41.6 Å². The van der Waals surface area contributed by atoms with Gasteiger partial charge in [-0.2, -0.15) is 0 Å². The number of rotatable bonds is 7. The van der Waals surface area contributed by atoms with E-state index in [1.165, 1.54) is 0 Å². The molecule has 142 valence electrons. The van der Waals surface area contributed by atoms with Crippen molar-refractivity contribution in [2.24, 2.45) is 0 Å². The third kappa shape index (κ3) is 3.89. The van der Waals surface area contributed by atoms with Crippen molar-refractivity contribution in [1.29, 1.82) is 0 Å². The summed E-state index contributed by atoms with van der Waals surface area (Å²) in [5.74, 6) is 1.74. The number of ether oxygens (including phenoxy) is 1. The molecule has 1 amide bonds. The highest BCUT2D eigenvalue weighted by Gasteiger charge is 2.15. The number of carbonyl (C=O) groups is 1. The number of nitrogens with zero attached hydrogens (tertiary/aromatic N) is 3. The van der Waals surface area contributed by atoms with Gasteiger partial charge in [0.2, 0.25) is 0 Å². The molecule has 0 fully saturated rings. The van der Waals surface area contributed by atoms with Gasteiger partial charge in [0.25, 0.3) is 5.91 Å². The van der Waals surface area contributed by atoms with Gasteiger partial charge in [-0.3, -0.25) is 9.20 Å². The van der Waals surface area contributed by atoms with Crippen molar-refractivity contribution < 1.29 is 9.53 Å². The fourth-order valence-electron chi connectivity index (χ4n) is 3.22. The Hall–Kier alpha value is -3.02. The van der Waals surface area contributed by atoms with Crippen molar-refractivity contribution in [3.63, 3.8) is 0 Å². The number of nitrogens with one attached hydrogen (secondary N) is 1. The molecule has 0 aliphatic heterocycles. The zero-order valence-corrected chi connectivity index (χ0v) is 16.3. The lowest BCUT2D eigenvalue weighted by Crippen LogP contribution is -2.25. The third-order valence-corrected chi connectivity index (χ3v) is 4.70. The van der Waals surface area contributed by atoms with Crippen LogP contribution in [0.15, 0.2) is 42.6 Å². The minimum absolute atomic E-state index is 0.107. The Morgan fingerprint density at radius 1 is 1.15 bits per heavy atom. The first-order chi connectivity index (χ1) is 13.1. The van der Waals surface area contributed by atoms with E-state index in [1.54, 1.807) is 7.11 Å². The summed E-state index contributed by atoms with van der Waals surface area (Å²) in [5, 5.41) is 2.97. The Morgan fingerprint density at radius 2 is 1.85 bits per heavy atom. The van der Waals surface area contributed by atoms with Crippen LogP contribution in [0.4, 0.5) is 5.82 Å². The molecule has 6 heteroatoms. The summed E-state index contributed by atoms with van der Waals surface area (Å²) in [5.41, 5.74) is 3.45. The topological polar surface area (TPSA) is 58.9 Å². The van der Waals surface area contributed by atoms with Gasteiger partial charge in [-0.1, -0.05) is 12.1 Å². The first-order valence-electron chi connectivity index (χ1n) is 9.22. The smallest absolute Gasteiger partial charge is 0.253 e. The molecule has 3 rings (SSSR count). The van der Waals surface area contributed by atoms with Crippen LogP contribution in [0.5, 0.6) is 5.75 Å². The van der Waals surface area contributed by atoms with Gasteiger partial charge in [0.1, 0.15) is 17.2 Å². The van der Waals surface area contributed by atoms with E-state index in [0.29, 0.717) is 12.1 Å². The molecule has 1 N–H and O–H groups in total. The minimum Gasteiger partial charge on any atom is -0.497 e. The Bertz CT molecular complexity index is 927. The van der Waals surface area contributed by atoms with Crippen molar-refractivity contribution in [1.82, 2.24) is 14.7 Å². The third-order valence-electron chi connectivity index (χ3n) is 4.70. The van der Waals surface area contributed by atoms with Crippen LogP contribution in [0, 0.1) is 6.92 Å². The van der Waals surface area contributed by atoms with E-state index < -0.39 is 0 Å². The van der Waals surface area contributed by atoms with Gasteiger partial charge in [0.15, 0.2) is 0 Å². The van der Waals surface area contributed by atoms with Gasteiger partial charge in [0, 0.05) is 25.8 Å². The molecule has 0 saturated carbocycles. The van der Waals surface area contributed by atoms with Crippen LogP contribution in [-0.4, -0.2) is 35.5 Å². The molecule has 0 bridgehead atoms. The molecule has 0 saturated heterocycles. The van der Waals surface area contributed by atoms with Crippen molar-refractivity contribution in [3.8, 4) is 5.75 Å². The number of hydrogen-bond donors (Lipinski definition) is 1. The Labute approximate surface area is 159 Å². The average molecular weight is 366 g/mol. The van der Waals surface area contributed by atoms with Crippen molar-refractivity contribution in [2.45, 2.75) is 27.3 Å². The predicted molar refractivity (Wildman–Crippen MR) is 108 cm³/mol. The van der Waals surface area contributed by atoms with Crippen LogP contribution >= 0.6 is 0 Å². The molecule has 0 atom stereocenters. The lowest BCUT2D eigenvalue weighted by Gasteiger charge is -2.21. The van der Waals surface area contributed by atoms with E-state index >= 15 is 0 Å². The van der Waals surface area contributed by atoms with Gasteiger partial charge in [-0.25, -0.2) is 4.98 Å². The van der Waals surface area contributed by atoms with E-state index in [2.05, 4.69) is 29.0 Å². The normalized spacial score (nSPS) is 10.8. The summed E-state index contributed by atoms with van der Waals surface area (Å²) in [6, 6.07) is 11.4. The molecule has 2 aromatic heterocycles. The van der Waals surface area contributed by atoms with Gasteiger partial charge >= 0.3 is 0 Å². The molecule has 2 heterocycles. The Kier molecular flexibility index (Phi) is 5.64. The number of amides is 1. The number of anilines is 1. The summed E-state index contributed by atoms with van der Waals surface area (Å²) in [7, 11) is 1.64. The first kappa shape index (κ1) is 18.8. The zero-order valence-electron chi connectivity index (χ0n) is 16.3. The quantitative estimate of drug-likeness (QED) is 0.696. The standard InChI is InChI=1S/C21H26N4O2/c1-5-24(6-2)21-15(3)23-19-12-9-17(14-25(19)21)20(26)22-13-16-7-10-18(27-4)11-8-16/h7-12,14H,5-6,13H2,1-4H3,(H,22,26). The van der Waals surface area contributed by atoms with Gasteiger partial charge in [-0.05, 0) is 50.6 Å². The minimum atomic E-state index is -0.107. The number of fused-ring (bicyclic) bond motifs is 1. The number of imidazole rings is 1. The van der Waals surface area contributed by atoms with Gasteiger partial charge in [-0.15, -0.1) is 0 Å². The summed E-state index contributed by atoms with van der Waals surface area (Å²) >= 11 is 0. The van der Waals surface area contributed by atoms with E-state index in [-0.39, 0.29) is 5.91 Å². The summed E-state index contributed by atoms with van der Waals surface area (Å²) in [6.07, 6.45) is 1.87. The highest BCUT2D eigenvalue weighted by atomic mass is 16.5. The lowest BCUT2D eigenvalue weighted by atomic mass is 10.2. The lowest BCUT2D eigenvalue weighted by molar-refractivity contribution is 0.0950. The van der Waals surface area contributed by atoms with Crippen molar-refractivity contribution in [3.05, 3.63) is 59.4 Å². The maximum atomic E-state index is 12.6. The molecule has 1 aromatic carbocycles. The van der Waals surface area contributed by atoms with E-state index in [4.69, 9.17) is 4.74 Å². The second-order valence-electron chi connectivity index (χ2n) is 6.37. The van der Waals surface area contributed by atoms with Gasteiger partial charge in [0.05, 0.1) is 18.4 Å². The van der Waals surface area contributed by atoms with Crippen molar-refractivity contribution >= 4 is 17.4 Å². The fourth-order valence-corrected chi connectivity index (χ4v) is 3.22. The molecule has 6 nitrogen and oxygen atoms in total. The summed E-state index contributed by atoms with van der Waals surface area (Å²) < 4.78 is 7.16. The number of aromatic nitrogens is 2. The molecule has 0 aliphatic rings. The zero-order chi connectivity index (χ0) is 19.4. The van der Waals surface area contributed by atoms with E-state index in [1.807, 2.05) is 53.9 Å². The largest absolute Gasteiger partial charge is 0.497 e. The highest BCUT2D eigenvalue weighted by Crippen LogP contribution is 2.22. The van der Waals surface area contributed by atoms with E-state index in [9.17, 15) is 4.79 Å². The maximum Gasteiger partial charge on any atom is 0.253 e. The van der Waals surface area contributed by atoms with Crippen LogP contribution in [0.25, 0.3) is 5.65 Å². The monoisotopic (exact) mass is 366 g/mol. The number of benzene rings is 1. The van der Waals surface area contributed by atoms with Crippen LogP contribution in [0.1, 0.15) is 35.5 Å². The second-order valence-corrected chi connectivity index (χ2v) is 6.37. The molecule has 27 heavy (non-hydrogen) atoms. The average Bonchev–Trinajstić information content (AvgIpc) is 3.03. The Morgan fingerprint density at radius 3 is 2.48 bits per heavy atom.